The van der Waals surface area contributed by atoms with Crippen LogP contribution in [0.1, 0.15) is 79.4 Å². The van der Waals surface area contributed by atoms with E-state index in [1.54, 1.807) is 11.0 Å². The molecular weight excluding hydrogens is 466 g/mol. The van der Waals surface area contributed by atoms with Crippen LogP contribution in [0.3, 0.4) is 0 Å². The Labute approximate surface area is 223 Å². The standard InChI is InChI=1S/C32H39NO2.ClH/c1-32(2,3)27-17-15-24(16-18-27)29(34)14-9-21-33-22-19-26(20-23-33)31(25-10-5-4-6-11-25)28-12-7-8-13-30(28)35;/h4-8,10-13,15-18,26,31,35H,9,14,19-23H2,1-3H3;1H. The van der Waals surface area contributed by atoms with E-state index in [-0.39, 0.29) is 29.5 Å². The number of hydrogen-bond acceptors (Lipinski definition) is 2. The maximum Gasteiger partial charge on any atom is 0.163 e. The van der Waals surface area contributed by atoms with Gasteiger partial charge in [0.25, 0.3) is 0 Å². The highest BCUT2D eigenvalue weighted by Crippen LogP contribution is 2.40. The van der Waals surface area contributed by atoms with Crippen LogP contribution in [0.4, 0.5) is 0 Å². The highest BCUT2D eigenvalue weighted by Gasteiger charge is 2.32. The fraction of sp³-hybridized carbons (Fsp3) is 0.406. The van der Waals surface area contributed by atoms with Gasteiger partial charge in [0.05, 0.1) is 19.6 Å². The van der Waals surface area contributed by atoms with Crippen LogP contribution in [0.25, 0.3) is 0 Å². The molecule has 0 aliphatic carbocycles. The van der Waals surface area contributed by atoms with Crippen LogP contribution >= 0.6 is 0 Å². The molecule has 1 heterocycles. The van der Waals surface area contributed by atoms with Crippen molar-refractivity contribution in [1.29, 1.82) is 0 Å². The lowest BCUT2D eigenvalue weighted by Crippen LogP contribution is -3.13. The number of phenolic OH excluding ortho intramolecular Hbond substituents is 1. The predicted molar refractivity (Wildman–Crippen MR) is 143 cm³/mol. The van der Waals surface area contributed by atoms with Crippen molar-refractivity contribution in [3.8, 4) is 5.75 Å². The van der Waals surface area contributed by atoms with Crippen molar-refractivity contribution in [2.45, 2.75) is 57.8 Å². The number of quaternary nitrogens is 1. The van der Waals surface area contributed by atoms with E-state index >= 15 is 0 Å². The van der Waals surface area contributed by atoms with Crippen molar-refractivity contribution in [2.24, 2.45) is 5.92 Å². The number of phenols is 1. The van der Waals surface area contributed by atoms with Gasteiger partial charge in [0.2, 0.25) is 0 Å². The van der Waals surface area contributed by atoms with Gasteiger partial charge in [-0.05, 0) is 28.5 Å². The molecule has 1 atom stereocenters. The molecule has 3 nitrogen and oxygen atoms in total. The van der Waals surface area contributed by atoms with Crippen molar-refractivity contribution < 1.29 is 27.2 Å². The number of piperidine rings is 1. The van der Waals surface area contributed by atoms with Crippen LogP contribution in [0.15, 0.2) is 78.9 Å². The molecule has 1 aliphatic heterocycles. The molecule has 0 radical (unpaired) electrons. The summed E-state index contributed by atoms with van der Waals surface area (Å²) in [6.07, 6.45) is 3.81. The number of carbonyl (C=O) groups is 1. The average molecular weight is 506 g/mol. The summed E-state index contributed by atoms with van der Waals surface area (Å²) in [5.41, 5.74) is 4.52. The molecule has 2 N–H and O–H groups in total. The first-order chi connectivity index (χ1) is 16.8. The number of carbonyl (C=O) groups excluding carboxylic acids is 1. The number of rotatable bonds is 8. The molecule has 1 aliphatic rings. The van der Waals surface area contributed by atoms with E-state index in [1.165, 1.54) is 11.1 Å². The van der Waals surface area contributed by atoms with Crippen molar-refractivity contribution in [2.75, 3.05) is 19.6 Å². The van der Waals surface area contributed by atoms with Crippen LogP contribution in [0.5, 0.6) is 5.75 Å². The maximum atomic E-state index is 12.7. The lowest BCUT2D eigenvalue weighted by molar-refractivity contribution is -0.906. The van der Waals surface area contributed by atoms with Crippen molar-refractivity contribution in [1.82, 2.24) is 0 Å². The number of halogens is 1. The quantitative estimate of drug-likeness (QED) is 0.462. The highest BCUT2D eigenvalue weighted by atomic mass is 35.5. The molecule has 3 aromatic carbocycles. The van der Waals surface area contributed by atoms with Gasteiger partial charge in [-0.15, -0.1) is 0 Å². The molecule has 1 saturated heterocycles. The Morgan fingerprint density at radius 2 is 1.53 bits per heavy atom. The van der Waals surface area contributed by atoms with Crippen LogP contribution in [0, 0.1) is 5.92 Å². The molecule has 0 amide bonds. The molecular formula is C32H40ClNO2. The second-order valence-corrected chi connectivity index (χ2v) is 11.1. The van der Waals surface area contributed by atoms with Gasteiger partial charge in [-0.25, -0.2) is 0 Å². The lowest BCUT2D eigenvalue weighted by Gasteiger charge is -2.35. The number of para-hydroxylation sites is 1. The number of aromatic hydroxyl groups is 1. The van der Waals surface area contributed by atoms with Gasteiger partial charge >= 0.3 is 0 Å². The van der Waals surface area contributed by atoms with E-state index < -0.39 is 0 Å². The van der Waals surface area contributed by atoms with Crippen molar-refractivity contribution in [3.63, 3.8) is 0 Å². The van der Waals surface area contributed by atoms with E-state index in [1.807, 2.05) is 24.3 Å². The van der Waals surface area contributed by atoms with Crippen LogP contribution in [-0.2, 0) is 5.41 Å². The summed E-state index contributed by atoms with van der Waals surface area (Å²) in [6, 6.07) is 26.6. The Morgan fingerprint density at radius 1 is 0.917 bits per heavy atom. The molecule has 192 valence electrons. The van der Waals surface area contributed by atoms with Gasteiger partial charge < -0.3 is 22.4 Å². The van der Waals surface area contributed by atoms with Crippen LogP contribution in [-0.4, -0.2) is 30.5 Å². The largest absolute Gasteiger partial charge is 1.00 e. The summed E-state index contributed by atoms with van der Waals surface area (Å²) in [7, 11) is 0. The normalized spacial score (nSPS) is 18.8. The molecule has 0 saturated carbocycles. The molecule has 0 aromatic heterocycles. The molecule has 1 unspecified atom stereocenters. The van der Waals surface area contributed by atoms with Crippen LogP contribution in [0.2, 0.25) is 0 Å². The second kappa shape index (κ2) is 12.6. The van der Waals surface area contributed by atoms with Crippen LogP contribution < -0.4 is 17.3 Å². The lowest BCUT2D eigenvalue weighted by atomic mass is 9.76. The number of likely N-dealkylation sites (tertiary alicyclic amines) is 1. The van der Waals surface area contributed by atoms with Crippen molar-refractivity contribution >= 4 is 5.78 Å². The third-order valence-electron chi connectivity index (χ3n) is 7.65. The molecule has 4 heteroatoms. The van der Waals surface area contributed by atoms with Gasteiger partial charge in [-0.1, -0.05) is 93.6 Å². The molecule has 3 aromatic rings. The molecule has 36 heavy (non-hydrogen) atoms. The number of nitrogens with one attached hydrogen (secondary N) is 1. The van der Waals surface area contributed by atoms with E-state index in [4.69, 9.17) is 0 Å². The number of ketones is 1. The zero-order valence-electron chi connectivity index (χ0n) is 21.8. The summed E-state index contributed by atoms with van der Waals surface area (Å²) in [4.78, 5) is 14.3. The molecule has 0 spiro atoms. The fourth-order valence-corrected chi connectivity index (χ4v) is 5.55. The summed E-state index contributed by atoms with van der Waals surface area (Å²) in [5, 5.41) is 10.6. The Morgan fingerprint density at radius 3 is 2.14 bits per heavy atom. The minimum absolute atomic E-state index is 0. The second-order valence-electron chi connectivity index (χ2n) is 11.1. The minimum Gasteiger partial charge on any atom is -1.00 e. The highest BCUT2D eigenvalue weighted by molar-refractivity contribution is 5.96. The Hall–Kier alpha value is -2.62. The first-order valence-corrected chi connectivity index (χ1v) is 13.1. The number of Topliss-reactive ketones (excluding diaryl/α,β-unsaturated/α-hetero) is 1. The van der Waals surface area contributed by atoms with E-state index in [0.717, 1.165) is 50.0 Å². The zero-order valence-corrected chi connectivity index (χ0v) is 22.6. The van der Waals surface area contributed by atoms with Crippen molar-refractivity contribution in [3.05, 3.63) is 101 Å². The molecule has 1 fully saturated rings. The zero-order chi connectivity index (χ0) is 24.8. The van der Waals surface area contributed by atoms with Gasteiger partial charge in [0, 0.05) is 42.7 Å². The molecule has 4 rings (SSSR count). The predicted octanol–water partition coefficient (Wildman–Crippen LogP) is 2.78. The van der Waals surface area contributed by atoms with Gasteiger partial charge in [-0.2, -0.15) is 0 Å². The summed E-state index contributed by atoms with van der Waals surface area (Å²) < 4.78 is 0. The minimum atomic E-state index is 0. The van der Waals surface area contributed by atoms with E-state index in [2.05, 4.69) is 69.3 Å². The Balaban J connectivity index is 0.00000361. The first kappa shape index (κ1) is 28.0. The molecule has 0 bridgehead atoms. The monoisotopic (exact) mass is 505 g/mol. The smallest absolute Gasteiger partial charge is 0.163 e. The third-order valence-corrected chi connectivity index (χ3v) is 7.65. The SMILES string of the molecule is CC(C)(C)c1ccc(C(=O)CCC[NH+]2CCC(C(c3ccccc3)c3ccccc3O)CC2)cc1.[Cl-]. The average Bonchev–Trinajstić information content (AvgIpc) is 2.86. The van der Waals surface area contributed by atoms with Gasteiger partial charge in [0.1, 0.15) is 5.75 Å². The topological polar surface area (TPSA) is 41.7 Å². The fourth-order valence-electron chi connectivity index (χ4n) is 5.55. The number of benzene rings is 3. The third kappa shape index (κ3) is 6.99. The van der Waals surface area contributed by atoms with Gasteiger partial charge in [-0.3, -0.25) is 4.79 Å². The summed E-state index contributed by atoms with van der Waals surface area (Å²) in [5.74, 6) is 1.38. The maximum absolute atomic E-state index is 12.7. The number of hydrogen-bond donors (Lipinski definition) is 2. The Bertz CT molecular complexity index is 1100. The summed E-state index contributed by atoms with van der Waals surface area (Å²) >= 11 is 0. The summed E-state index contributed by atoms with van der Waals surface area (Å²) in [6.45, 7) is 9.87. The first-order valence-electron chi connectivity index (χ1n) is 13.1. The van der Waals surface area contributed by atoms with E-state index in [0.29, 0.717) is 18.1 Å². The van der Waals surface area contributed by atoms with Gasteiger partial charge in [0.15, 0.2) is 5.78 Å². The van der Waals surface area contributed by atoms with E-state index in [9.17, 15) is 9.90 Å². The Kier molecular flexibility index (Phi) is 9.76.